The minimum Gasteiger partial charge on any atom is -0.344 e. The van der Waals surface area contributed by atoms with Crippen LogP contribution in [0, 0.1) is 19.8 Å². The molecule has 0 spiro atoms. The summed E-state index contributed by atoms with van der Waals surface area (Å²) in [5, 5.41) is 1.30. The molecular weight excluding hydrogens is 434 g/mol. The topological polar surface area (TPSA) is 4.93 Å². The number of para-hydroxylation sites is 1. The van der Waals surface area contributed by atoms with Gasteiger partial charge in [-0.3, -0.25) is 0 Å². The molecule has 0 radical (unpaired) electrons. The molecule has 0 bridgehead atoms. The van der Waals surface area contributed by atoms with Crippen molar-refractivity contribution in [1.82, 2.24) is 4.57 Å². The molecule has 0 saturated heterocycles. The molecule has 1 aromatic heterocycles. The summed E-state index contributed by atoms with van der Waals surface area (Å²) in [6.45, 7) is 9.90. The zero-order valence-corrected chi connectivity index (χ0v) is 21.2. The van der Waals surface area contributed by atoms with Gasteiger partial charge < -0.3 is 4.57 Å². The Balaban J connectivity index is 1.52. The van der Waals surface area contributed by atoms with Crippen LogP contribution in [0.5, 0.6) is 0 Å². The lowest BCUT2D eigenvalue weighted by Crippen LogP contribution is -2.04. The summed E-state index contributed by atoms with van der Waals surface area (Å²) in [6, 6.07) is 27.7. The molecule has 1 nitrogen and oxygen atoms in total. The second kappa shape index (κ2) is 10.7. The van der Waals surface area contributed by atoms with Gasteiger partial charge in [-0.2, -0.15) is 0 Å². The van der Waals surface area contributed by atoms with Crippen molar-refractivity contribution in [3.63, 3.8) is 0 Å². The van der Waals surface area contributed by atoms with E-state index >= 15 is 0 Å². The number of aryl methyl sites for hydroxylation is 2. The summed E-state index contributed by atoms with van der Waals surface area (Å²) in [5.41, 5.74) is 9.69. The van der Waals surface area contributed by atoms with Crippen LogP contribution in [0.15, 0.2) is 122 Å². The number of allylic oxidation sites excluding steroid dienone is 8. The van der Waals surface area contributed by atoms with Crippen LogP contribution in [0.2, 0.25) is 0 Å². The number of hydrogen-bond acceptors (Lipinski definition) is 0. The standard InChI is InChI=1S/C35H33N/c1-26-14-7-10-19-31(26)32(27(2)30-17-5-4-6-18-30)21-13-22-33-28(3)36(25-24-29-15-8-9-16-29)35-23-12-11-20-34(33)35/h4-23,29H,2,24-25H2,1,3H3/b22-13+,32-21+. The van der Waals surface area contributed by atoms with Gasteiger partial charge in [0.25, 0.3) is 0 Å². The Morgan fingerprint density at radius 2 is 1.56 bits per heavy atom. The normalized spacial score (nSPS) is 13.9. The SMILES string of the molecule is C=C(/C(=C\C=C\c1c(C)n(CCC2C=CC=C2)c2ccccc12)c1ccccc1C)c1ccccc1. The Morgan fingerprint density at radius 1 is 0.861 bits per heavy atom. The van der Waals surface area contributed by atoms with E-state index in [0.717, 1.165) is 29.7 Å². The van der Waals surface area contributed by atoms with Crippen molar-refractivity contribution in [2.75, 3.05) is 0 Å². The first-order valence-electron chi connectivity index (χ1n) is 12.8. The van der Waals surface area contributed by atoms with Crippen LogP contribution < -0.4 is 0 Å². The maximum atomic E-state index is 4.48. The van der Waals surface area contributed by atoms with Gasteiger partial charge in [-0.15, -0.1) is 0 Å². The molecular formula is C35H33N. The van der Waals surface area contributed by atoms with Gasteiger partial charge in [0, 0.05) is 28.7 Å². The lowest BCUT2D eigenvalue weighted by atomic mass is 9.90. The van der Waals surface area contributed by atoms with E-state index in [1.165, 1.54) is 33.3 Å². The molecule has 0 unspecified atom stereocenters. The van der Waals surface area contributed by atoms with Gasteiger partial charge in [0.2, 0.25) is 0 Å². The number of fused-ring (bicyclic) bond motifs is 1. The largest absolute Gasteiger partial charge is 0.344 e. The highest BCUT2D eigenvalue weighted by Gasteiger charge is 2.14. The summed E-state index contributed by atoms with van der Waals surface area (Å²) in [4.78, 5) is 0. The number of aromatic nitrogens is 1. The molecule has 1 aliphatic rings. The molecule has 0 atom stereocenters. The van der Waals surface area contributed by atoms with Crippen molar-refractivity contribution in [3.05, 3.63) is 150 Å². The first-order valence-corrected chi connectivity index (χ1v) is 12.8. The van der Waals surface area contributed by atoms with E-state index in [0.29, 0.717) is 5.92 Å². The quantitative estimate of drug-likeness (QED) is 0.228. The molecule has 5 rings (SSSR count). The van der Waals surface area contributed by atoms with E-state index in [1.54, 1.807) is 0 Å². The van der Waals surface area contributed by atoms with Crippen LogP contribution in [-0.4, -0.2) is 4.57 Å². The monoisotopic (exact) mass is 467 g/mol. The predicted octanol–water partition coefficient (Wildman–Crippen LogP) is 9.20. The average Bonchev–Trinajstić information content (AvgIpc) is 3.52. The molecule has 36 heavy (non-hydrogen) atoms. The molecule has 1 heteroatoms. The second-order valence-corrected chi connectivity index (χ2v) is 9.49. The molecule has 1 heterocycles. The minimum atomic E-state index is 0.535. The number of nitrogens with zero attached hydrogens (tertiary/aromatic N) is 1. The molecule has 1 aliphatic carbocycles. The van der Waals surface area contributed by atoms with Crippen molar-refractivity contribution >= 4 is 28.1 Å². The number of benzene rings is 3. The fourth-order valence-electron chi connectivity index (χ4n) is 5.17. The van der Waals surface area contributed by atoms with Crippen molar-refractivity contribution in [3.8, 4) is 0 Å². The first-order chi connectivity index (χ1) is 17.6. The highest BCUT2D eigenvalue weighted by Crippen LogP contribution is 2.33. The van der Waals surface area contributed by atoms with Gasteiger partial charge in [0.05, 0.1) is 0 Å². The molecule has 0 amide bonds. The molecule has 178 valence electrons. The first kappa shape index (κ1) is 23.6. The van der Waals surface area contributed by atoms with E-state index in [1.807, 2.05) is 6.07 Å². The average molecular weight is 468 g/mol. The Bertz CT molecular complexity index is 1490. The molecule has 3 aromatic carbocycles. The van der Waals surface area contributed by atoms with Crippen LogP contribution in [0.1, 0.15) is 34.4 Å². The third kappa shape index (κ3) is 4.83. The zero-order chi connectivity index (χ0) is 24.9. The van der Waals surface area contributed by atoms with Crippen molar-refractivity contribution in [2.24, 2.45) is 5.92 Å². The summed E-state index contributed by atoms with van der Waals surface area (Å²) in [5.74, 6) is 0.535. The lowest BCUT2D eigenvalue weighted by molar-refractivity contribution is 0.596. The lowest BCUT2D eigenvalue weighted by Gasteiger charge is -2.14. The van der Waals surface area contributed by atoms with E-state index in [9.17, 15) is 0 Å². The fourth-order valence-corrected chi connectivity index (χ4v) is 5.17. The van der Waals surface area contributed by atoms with Gasteiger partial charge in [-0.25, -0.2) is 0 Å². The highest BCUT2D eigenvalue weighted by molar-refractivity contribution is 6.05. The van der Waals surface area contributed by atoms with Crippen LogP contribution in [0.4, 0.5) is 0 Å². The fraction of sp³-hybridized carbons (Fsp3) is 0.143. The molecule has 0 fully saturated rings. The van der Waals surface area contributed by atoms with Gasteiger partial charge in [-0.05, 0) is 60.1 Å². The van der Waals surface area contributed by atoms with E-state index in [2.05, 4.69) is 140 Å². The Morgan fingerprint density at radius 3 is 2.33 bits per heavy atom. The summed E-state index contributed by atoms with van der Waals surface area (Å²) in [7, 11) is 0. The minimum absolute atomic E-state index is 0.535. The Labute approximate surface area is 215 Å². The third-order valence-electron chi connectivity index (χ3n) is 7.20. The van der Waals surface area contributed by atoms with Crippen LogP contribution >= 0.6 is 0 Å². The molecule has 0 N–H and O–H groups in total. The van der Waals surface area contributed by atoms with Crippen molar-refractivity contribution < 1.29 is 0 Å². The summed E-state index contributed by atoms with van der Waals surface area (Å²) in [6.07, 6.45) is 16.7. The Hall–Kier alpha value is -4.10. The van der Waals surface area contributed by atoms with Gasteiger partial charge >= 0.3 is 0 Å². The zero-order valence-electron chi connectivity index (χ0n) is 21.2. The van der Waals surface area contributed by atoms with E-state index in [-0.39, 0.29) is 0 Å². The number of rotatable bonds is 8. The van der Waals surface area contributed by atoms with Crippen LogP contribution in [0.25, 0.3) is 28.1 Å². The maximum absolute atomic E-state index is 4.48. The van der Waals surface area contributed by atoms with Crippen molar-refractivity contribution in [1.29, 1.82) is 0 Å². The van der Waals surface area contributed by atoms with Gasteiger partial charge in [0.15, 0.2) is 0 Å². The third-order valence-corrected chi connectivity index (χ3v) is 7.20. The summed E-state index contributed by atoms with van der Waals surface area (Å²) < 4.78 is 2.48. The van der Waals surface area contributed by atoms with Gasteiger partial charge in [-0.1, -0.05) is 122 Å². The Kier molecular flexibility index (Phi) is 7.00. The second-order valence-electron chi connectivity index (χ2n) is 9.49. The van der Waals surface area contributed by atoms with Crippen LogP contribution in [0.3, 0.4) is 0 Å². The number of hydrogen-bond donors (Lipinski definition) is 0. The van der Waals surface area contributed by atoms with Crippen molar-refractivity contribution in [2.45, 2.75) is 26.8 Å². The predicted molar refractivity (Wildman–Crippen MR) is 157 cm³/mol. The molecule has 0 saturated carbocycles. The highest BCUT2D eigenvalue weighted by atomic mass is 15.0. The van der Waals surface area contributed by atoms with E-state index in [4.69, 9.17) is 0 Å². The molecule has 0 aliphatic heterocycles. The smallest absolute Gasteiger partial charge is 0.0488 e. The van der Waals surface area contributed by atoms with Crippen LogP contribution in [-0.2, 0) is 6.54 Å². The van der Waals surface area contributed by atoms with E-state index < -0.39 is 0 Å². The molecule has 4 aromatic rings. The maximum Gasteiger partial charge on any atom is 0.0488 e. The van der Waals surface area contributed by atoms with Gasteiger partial charge in [0.1, 0.15) is 0 Å². The summed E-state index contributed by atoms with van der Waals surface area (Å²) >= 11 is 0.